The van der Waals surface area contributed by atoms with E-state index in [2.05, 4.69) is 31.3 Å². The molecule has 0 aliphatic rings. The first-order valence-corrected chi connectivity index (χ1v) is 6.93. The highest BCUT2D eigenvalue weighted by atomic mass is 16.5. The van der Waals surface area contributed by atoms with Crippen LogP contribution in [0.2, 0.25) is 0 Å². The summed E-state index contributed by atoms with van der Waals surface area (Å²) in [4.78, 5) is 4.76. The van der Waals surface area contributed by atoms with Crippen LogP contribution in [0, 0.1) is 6.92 Å². The Hall–Kier alpha value is -1.61. The summed E-state index contributed by atoms with van der Waals surface area (Å²) in [5.41, 5.74) is 3.27. The number of nitrogens with one attached hydrogen (secondary N) is 1. The van der Waals surface area contributed by atoms with E-state index >= 15 is 0 Å². The van der Waals surface area contributed by atoms with Crippen LogP contribution >= 0.6 is 0 Å². The fourth-order valence-electron chi connectivity index (χ4n) is 2.10. The number of para-hydroxylation sites is 1. The summed E-state index contributed by atoms with van der Waals surface area (Å²) in [5, 5.41) is 4.30. The number of rotatable bonds is 6. The van der Waals surface area contributed by atoms with Gasteiger partial charge >= 0.3 is 0 Å². The van der Waals surface area contributed by atoms with Gasteiger partial charge in [0, 0.05) is 11.9 Å². The highest BCUT2D eigenvalue weighted by Gasteiger charge is 2.07. The number of ether oxygens (including phenoxy) is 1. The maximum Gasteiger partial charge on any atom is 0.145 e. The molecule has 1 heterocycles. The van der Waals surface area contributed by atoms with Crippen molar-refractivity contribution in [3.05, 3.63) is 35.5 Å². The third-order valence-electron chi connectivity index (χ3n) is 3.20. The highest BCUT2D eigenvalue weighted by molar-refractivity contribution is 5.85. The average Bonchev–Trinajstić information content (AvgIpc) is 2.41. The van der Waals surface area contributed by atoms with Crippen LogP contribution in [-0.2, 0) is 6.54 Å². The quantitative estimate of drug-likeness (QED) is 0.806. The van der Waals surface area contributed by atoms with Crippen LogP contribution in [0.25, 0.3) is 10.9 Å². The Morgan fingerprint density at radius 1 is 1.32 bits per heavy atom. The fourth-order valence-corrected chi connectivity index (χ4v) is 2.10. The highest BCUT2D eigenvalue weighted by Crippen LogP contribution is 2.25. The Balaban J connectivity index is 2.38. The molecular weight excluding hydrogens is 236 g/mol. The zero-order chi connectivity index (χ0) is 13.7. The Morgan fingerprint density at radius 2 is 2.16 bits per heavy atom. The van der Waals surface area contributed by atoms with Gasteiger partial charge in [-0.3, -0.25) is 0 Å². The summed E-state index contributed by atoms with van der Waals surface area (Å²) < 4.78 is 5.85. The van der Waals surface area contributed by atoms with Gasteiger partial charge in [-0.05, 0) is 38.1 Å². The molecule has 0 spiro atoms. The third kappa shape index (κ3) is 3.24. The molecule has 3 heteroatoms. The minimum Gasteiger partial charge on any atom is -0.491 e. The van der Waals surface area contributed by atoms with Crippen LogP contribution in [0.1, 0.15) is 31.0 Å². The van der Waals surface area contributed by atoms with Gasteiger partial charge in [0.25, 0.3) is 0 Å². The molecule has 102 valence electrons. The number of unbranched alkanes of at least 4 members (excludes halogenated alkanes) is 1. The van der Waals surface area contributed by atoms with Crippen molar-refractivity contribution in [1.82, 2.24) is 10.3 Å². The largest absolute Gasteiger partial charge is 0.491 e. The lowest BCUT2D eigenvalue weighted by molar-refractivity contribution is 0.312. The lowest BCUT2D eigenvalue weighted by atomic mass is 10.1. The molecule has 0 radical (unpaired) electrons. The van der Waals surface area contributed by atoms with Gasteiger partial charge in [0.15, 0.2) is 0 Å². The number of hydrogen-bond donors (Lipinski definition) is 1. The second-order valence-electron chi connectivity index (χ2n) is 4.81. The first-order chi connectivity index (χ1) is 9.26. The van der Waals surface area contributed by atoms with Crippen LogP contribution in [-0.4, -0.2) is 18.6 Å². The molecule has 2 aromatic rings. The predicted octanol–water partition coefficient (Wildman–Crippen LogP) is 3.44. The number of fused-ring (bicyclic) bond motifs is 1. The van der Waals surface area contributed by atoms with Gasteiger partial charge in [-0.1, -0.05) is 25.5 Å². The van der Waals surface area contributed by atoms with E-state index in [-0.39, 0.29) is 0 Å². The average molecular weight is 258 g/mol. The molecule has 0 aliphatic heterocycles. The summed E-state index contributed by atoms with van der Waals surface area (Å²) in [6.07, 6.45) is 2.22. The van der Waals surface area contributed by atoms with Crippen molar-refractivity contribution in [1.29, 1.82) is 0 Å². The summed E-state index contributed by atoms with van der Waals surface area (Å²) in [6.45, 7) is 5.81. The van der Waals surface area contributed by atoms with Crippen molar-refractivity contribution in [2.24, 2.45) is 0 Å². The normalized spacial score (nSPS) is 10.9. The zero-order valence-corrected chi connectivity index (χ0v) is 12.0. The van der Waals surface area contributed by atoms with E-state index in [9.17, 15) is 0 Å². The SMILES string of the molecule is CCCCOc1cccc2cc(C)c(CNC)nc12. The molecule has 2 rings (SSSR count). The van der Waals surface area contributed by atoms with Gasteiger partial charge in [-0.25, -0.2) is 4.98 Å². The van der Waals surface area contributed by atoms with E-state index < -0.39 is 0 Å². The van der Waals surface area contributed by atoms with Crippen molar-refractivity contribution in [2.75, 3.05) is 13.7 Å². The molecule has 0 atom stereocenters. The van der Waals surface area contributed by atoms with Gasteiger partial charge in [-0.2, -0.15) is 0 Å². The van der Waals surface area contributed by atoms with Crippen molar-refractivity contribution in [3.8, 4) is 5.75 Å². The Morgan fingerprint density at radius 3 is 2.89 bits per heavy atom. The van der Waals surface area contributed by atoms with Crippen molar-refractivity contribution < 1.29 is 4.74 Å². The van der Waals surface area contributed by atoms with Crippen LogP contribution in [0.3, 0.4) is 0 Å². The fraction of sp³-hybridized carbons (Fsp3) is 0.438. The zero-order valence-electron chi connectivity index (χ0n) is 12.0. The molecule has 0 bridgehead atoms. The molecule has 19 heavy (non-hydrogen) atoms. The second-order valence-corrected chi connectivity index (χ2v) is 4.81. The molecule has 0 fully saturated rings. The monoisotopic (exact) mass is 258 g/mol. The minimum absolute atomic E-state index is 0.756. The molecule has 0 unspecified atom stereocenters. The molecule has 0 saturated carbocycles. The Bertz CT molecular complexity index is 552. The number of benzene rings is 1. The van der Waals surface area contributed by atoms with Gasteiger partial charge in [0.1, 0.15) is 11.3 Å². The molecule has 0 aliphatic carbocycles. The molecular formula is C16H22N2O. The predicted molar refractivity (Wildman–Crippen MR) is 79.6 cm³/mol. The number of nitrogens with zero attached hydrogens (tertiary/aromatic N) is 1. The summed E-state index contributed by atoms with van der Waals surface area (Å²) in [7, 11) is 1.94. The smallest absolute Gasteiger partial charge is 0.145 e. The van der Waals surface area contributed by atoms with Crippen LogP contribution < -0.4 is 10.1 Å². The van der Waals surface area contributed by atoms with Crippen LogP contribution in [0.15, 0.2) is 24.3 Å². The number of hydrogen-bond acceptors (Lipinski definition) is 3. The van der Waals surface area contributed by atoms with Crippen molar-refractivity contribution >= 4 is 10.9 Å². The first kappa shape index (κ1) is 13.8. The third-order valence-corrected chi connectivity index (χ3v) is 3.20. The van der Waals surface area contributed by atoms with Gasteiger partial charge < -0.3 is 10.1 Å². The lowest BCUT2D eigenvalue weighted by Crippen LogP contribution is -2.09. The maximum absolute atomic E-state index is 5.85. The van der Waals surface area contributed by atoms with E-state index in [0.717, 1.165) is 48.3 Å². The van der Waals surface area contributed by atoms with E-state index in [1.54, 1.807) is 0 Å². The molecule has 1 aromatic carbocycles. The molecule has 1 aromatic heterocycles. The summed E-state index contributed by atoms with van der Waals surface area (Å²) in [6, 6.07) is 8.30. The molecule has 1 N–H and O–H groups in total. The standard InChI is InChI=1S/C16H22N2O/c1-4-5-9-19-15-8-6-7-13-10-12(2)14(11-17-3)18-16(13)15/h6-8,10,17H,4-5,9,11H2,1-3H3. The Labute approximate surface area is 115 Å². The number of pyridine rings is 1. The number of aryl methyl sites for hydroxylation is 1. The van der Waals surface area contributed by atoms with E-state index in [0.29, 0.717) is 0 Å². The minimum atomic E-state index is 0.756. The summed E-state index contributed by atoms with van der Waals surface area (Å²) >= 11 is 0. The van der Waals surface area contributed by atoms with Gasteiger partial charge in [-0.15, -0.1) is 0 Å². The molecule has 0 saturated heterocycles. The van der Waals surface area contributed by atoms with E-state index in [1.165, 1.54) is 5.56 Å². The van der Waals surface area contributed by atoms with E-state index in [4.69, 9.17) is 9.72 Å². The maximum atomic E-state index is 5.85. The summed E-state index contributed by atoms with van der Waals surface area (Å²) in [5.74, 6) is 0.892. The molecule has 3 nitrogen and oxygen atoms in total. The first-order valence-electron chi connectivity index (χ1n) is 6.93. The van der Waals surface area contributed by atoms with Gasteiger partial charge in [0.2, 0.25) is 0 Å². The Kier molecular flexibility index (Phi) is 4.74. The van der Waals surface area contributed by atoms with E-state index in [1.807, 2.05) is 19.2 Å². The lowest BCUT2D eigenvalue weighted by Gasteiger charge is -2.11. The second kappa shape index (κ2) is 6.53. The van der Waals surface area contributed by atoms with Gasteiger partial charge in [0.05, 0.1) is 12.3 Å². The number of aromatic nitrogens is 1. The van der Waals surface area contributed by atoms with Crippen LogP contribution in [0.5, 0.6) is 5.75 Å². The van der Waals surface area contributed by atoms with Crippen molar-refractivity contribution in [3.63, 3.8) is 0 Å². The molecule has 0 amide bonds. The topological polar surface area (TPSA) is 34.1 Å². The van der Waals surface area contributed by atoms with Crippen LogP contribution in [0.4, 0.5) is 0 Å². The van der Waals surface area contributed by atoms with Crippen molar-refractivity contribution in [2.45, 2.75) is 33.2 Å².